The summed E-state index contributed by atoms with van der Waals surface area (Å²) in [6.07, 6.45) is 0. The number of benzene rings is 2. The average molecular weight is 314 g/mol. The van der Waals surface area contributed by atoms with Crippen LogP contribution in [0.15, 0.2) is 36.4 Å². The molecule has 0 spiro atoms. The SMILES string of the molecule is Cc1ccc(C(=O)O)cc1NC(=O)c1cccc([N+](=O)[O-])c1C. The number of nitro groups is 1. The lowest BCUT2D eigenvalue weighted by molar-refractivity contribution is -0.385. The molecule has 23 heavy (non-hydrogen) atoms. The van der Waals surface area contributed by atoms with E-state index in [9.17, 15) is 19.7 Å². The number of anilines is 1. The van der Waals surface area contributed by atoms with Gasteiger partial charge in [0.25, 0.3) is 11.6 Å². The van der Waals surface area contributed by atoms with Gasteiger partial charge in [-0.15, -0.1) is 0 Å². The van der Waals surface area contributed by atoms with Crippen LogP contribution in [0.4, 0.5) is 11.4 Å². The van der Waals surface area contributed by atoms with Crippen molar-refractivity contribution in [3.8, 4) is 0 Å². The Morgan fingerprint density at radius 1 is 1.17 bits per heavy atom. The minimum absolute atomic E-state index is 0.0432. The Morgan fingerprint density at radius 2 is 1.87 bits per heavy atom. The second-order valence-corrected chi connectivity index (χ2v) is 5.00. The summed E-state index contributed by atoms with van der Waals surface area (Å²) < 4.78 is 0. The second kappa shape index (κ2) is 6.27. The van der Waals surface area contributed by atoms with Crippen LogP contribution in [0.2, 0.25) is 0 Å². The third-order valence-electron chi connectivity index (χ3n) is 3.48. The molecule has 0 saturated carbocycles. The fraction of sp³-hybridized carbons (Fsp3) is 0.125. The molecule has 0 atom stereocenters. The predicted octanol–water partition coefficient (Wildman–Crippen LogP) is 3.16. The van der Waals surface area contributed by atoms with Gasteiger partial charge >= 0.3 is 5.97 Å². The molecule has 0 bridgehead atoms. The molecule has 0 aromatic heterocycles. The molecule has 0 radical (unpaired) electrons. The second-order valence-electron chi connectivity index (χ2n) is 5.00. The van der Waals surface area contributed by atoms with E-state index in [2.05, 4.69) is 5.32 Å². The van der Waals surface area contributed by atoms with E-state index in [1.807, 2.05) is 0 Å². The number of aryl methyl sites for hydroxylation is 1. The van der Waals surface area contributed by atoms with E-state index in [0.29, 0.717) is 11.3 Å². The highest BCUT2D eigenvalue weighted by Crippen LogP contribution is 2.23. The molecule has 2 aromatic carbocycles. The minimum Gasteiger partial charge on any atom is -0.478 e. The van der Waals surface area contributed by atoms with Crippen LogP contribution in [0.25, 0.3) is 0 Å². The summed E-state index contributed by atoms with van der Waals surface area (Å²) in [6.45, 7) is 3.22. The minimum atomic E-state index is -1.10. The zero-order chi connectivity index (χ0) is 17.1. The molecular formula is C16H14N2O5. The topological polar surface area (TPSA) is 110 Å². The lowest BCUT2D eigenvalue weighted by Crippen LogP contribution is -2.15. The molecule has 118 valence electrons. The number of amides is 1. The summed E-state index contributed by atoms with van der Waals surface area (Å²) in [5.74, 6) is -1.64. The molecule has 0 fully saturated rings. The Morgan fingerprint density at radius 3 is 2.48 bits per heavy atom. The fourth-order valence-electron chi connectivity index (χ4n) is 2.15. The normalized spacial score (nSPS) is 10.2. The number of carbonyl (C=O) groups excluding carboxylic acids is 1. The monoisotopic (exact) mass is 314 g/mol. The van der Waals surface area contributed by atoms with Crippen molar-refractivity contribution in [2.75, 3.05) is 5.32 Å². The Balaban J connectivity index is 2.37. The molecule has 2 aromatic rings. The number of carbonyl (C=O) groups is 2. The van der Waals surface area contributed by atoms with Crippen LogP contribution in [0.5, 0.6) is 0 Å². The highest BCUT2D eigenvalue weighted by Gasteiger charge is 2.18. The molecule has 2 rings (SSSR count). The van der Waals surface area contributed by atoms with Gasteiger partial charge in [-0.2, -0.15) is 0 Å². The molecule has 7 heteroatoms. The number of nitrogens with one attached hydrogen (secondary N) is 1. The van der Waals surface area contributed by atoms with E-state index in [4.69, 9.17) is 5.11 Å². The van der Waals surface area contributed by atoms with Crippen molar-refractivity contribution in [1.29, 1.82) is 0 Å². The molecular weight excluding hydrogens is 300 g/mol. The zero-order valence-corrected chi connectivity index (χ0v) is 12.5. The molecule has 0 aliphatic carbocycles. The smallest absolute Gasteiger partial charge is 0.335 e. The Labute approximate surface area is 131 Å². The van der Waals surface area contributed by atoms with Gasteiger partial charge in [0.2, 0.25) is 0 Å². The molecule has 0 aliphatic heterocycles. The van der Waals surface area contributed by atoms with Crippen molar-refractivity contribution in [3.63, 3.8) is 0 Å². The first-order chi connectivity index (χ1) is 10.8. The number of carboxylic acid groups (broad SMARTS) is 1. The molecule has 0 unspecified atom stereocenters. The predicted molar refractivity (Wildman–Crippen MR) is 83.9 cm³/mol. The van der Waals surface area contributed by atoms with Crippen molar-refractivity contribution in [1.82, 2.24) is 0 Å². The van der Waals surface area contributed by atoms with E-state index in [1.54, 1.807) is 13.0 Å². The van der Waals surface area contributed by atoms with Gasteiger partial charge in [-0.1, -0.05) is 12.1 Å². The molecule has 1 amide bonds. The van der Waals surface area contributed by atoms with Crippen LogP contribution in [0.3, 0.4) is 0 Å². The zero-order valence-electron chi connectivity index (χ0n) is 12.5. The van der Waals surface area contributed by atoms with E-state index >= 15 is 0 Å². The van der Waals surface area contributed by atoms with Crippen LogP contribution in [-0.4, -0.2) is 21.9 Å². The van der Waals surface area contributed by atoms with Crippen molar-refractivity contribution in [2.45, 2.75) is 13.8 Å². The average Bonchev–Trinajstić information content (AvgIpc) is 2.49. The standard InChI is InChI=1S/C16H14N2O5/c1-9-6-7-11(16(20)21)8-13(9)17-15(19)12-4-3-5-14(10(12)2)18(22)23/h3-8H,1-2H3,(H,17,19)(H,20,21). The number of hydrogen-bond acceptors (Lipinski definition) is 4. The maximum atomic E-state index is 12.4. The molecule has 2 N–H and O–H groups in total. The fourth-order valence-corrected chi connectivity index (χ4v) is 2.15. The van der Waals surface area contributed by atoms with Crippen LogP contribution in [-0.2, 0) is 0 Å². The van der Waals surface area contributed by atoms with Gasteiger partial charge in [0.15, 0.2) is 0 Å². The number of nitrogens with zero attached hydrogens (tertiary/aromatic N) is 1. The summed E-state index contributed by atoms with van der Waals surface area (Å²) in [4.78, 5) is 33.8. The number of nitro benzene ring substituents is 1. The maximum Gasteiger partial charge on any atom is 0.335 e. The van der Waals surface area contributed by atoms with Gasteiger partial charge < -0.3 is 10.4 Å². The summed E-state index contributed by atoms with van der Waals surface area (Å²) in [5.41, 5.74) is 1.35. The third-order valence-corrected chi connectivity index (χ3v) is 3.48. The number of rotatable bonds is 4. The summed E-state index contributed by atoms with van der Waals surface area (Å²) >= 11 is 0. The van der Waals surface area contributed by atoms with Gasteiger partial charge in [0, 0.05) is 22.9 Å². The lowest BCUT2D eigenvalue weighted by atomic mass is 10.1. The Hall–Kier alpha value is -3.22. The van der Waals surface area contributed by atoms with E-state index < -0.39 is 16.8 Å². The van der Waals surface area contributed by atoms with Crippen LogP contribution >= 0.6 is 0 Å². The van der Waals surface area contributed by atoms with Crippen molar-refractivity contribution in [3.05, 3.63) is 68.8 Å². The van der Waals surface area contributed by atoms with Crippen LogP contribution in [0.1, 0.15) is 31.8 Å². The number of aromatic carboxylic acids is 1. The van der Waals surface area contributed by atoms with Crippen LogP contribution in [0, 0.1) is 24.0 Å². The largest absolute Gasteiger partial charge is 0.478 e. The quantitative estimate of drug-likeness (QED) is 0.665. The van der Waals surface area contributed by atoms with Gasteiger partial charge in [0.05, 0.1) is 10.5 Å². The highest BCUT2D eigenvalue weighted by atomic mass is 16.6. The van der Waals surface area contributed by atoms with Crippen molar-refractivity contribution in [2.24, 2.45) is 0 Å². The molecule has 0 heterocycles. The number of hydrogen-bond donors (Lipinski definition) is 2. The highest BCUT2D eigenvalue weighted by molar-refractivity contribution is 6.06. The van der Waals surface area contributed by atoms with Crippen molar-refractivity contribution < 1.29 is 19.6 Å². The molecule has 0 saturated heterocycles. The summed E-state index contributed by atoms with van der Waals surface area (Å²) in [5, 5.41) is 22.5. The van der Waals surface area contributed by atoms with E-state index in [1.165, 1.54) is 37.3 Å². The van der Waals surface area contributed by atoms with Gasteiger partial charge in [-0.25, -0.2) is 4.79 Å². The Bertz CT molecular complexity index is 814. The first-order valence-electron chi connectivity index (χ1n) is 6.70. The first kappa shape index (κ1) is 16.2. The summed E-state index contributed by atoms with van der Waals surface area (Å²) in [7, 11) is 0. The van der Waals surface area contributed by atoms with Gasteiger partial charge in [0.1, 0.15) is 0 Å². The van der Waals surface area contributed by atoms with E-state index in [-0.39, 0.29) is 22.4 Å². The Kier molecular flexibility index (Phi) is 4.40. The first-order valence-corrected chi connectivity index (χ1v) is 6.70. The summed E-state index contributed by atoms with van der Waals surface area (Å²) in [6, 6.07) is 8.60. The lowest BCUT2D eigenvalue weighted by Gasteiger charge is -2.11. The third kappa shape index (κ3) is 3.34. The van der Waals surface area contributed by atoms with Gasteiger partial charge in [-0.3, -0.25) is 14.9 Å². The van der Waals surface area contributed by atoms with Gasteiger partial charge in [-0.05, 0) is 37.6 Å². The van der Waals surface area contributed by atoms with Crippen LogP contribution < -0.4 is 5.32 Å². The molecule has 0 aliphatic rings. The molecule has 7 nitrogen and oxygen atoms in total. The number of carboxylic acids is 1. The maximum absolute atomic E-state index is 12.4. The van der Waals surface area contributed by atoms with E-state index in [0.717, 1.165) is 0 Å². The van der Waals surface area contributed by atoms with Crippen molar-refractivity contribution >= 4 is 23.3 Å².